The number of fused-ring (bicyclic) bond motifs is 5. The summed E-state index contributed by atoms with van der Waals surface area (Å²) in [6.45, 7) is 2.76. The Hall–Kier alpha value is -7.92. The summed E-state index contributed by atoms with van der Waals surface area (Å²) >= 11 is 0. The number of carbonyl (C=O) groups excluding carboxylic acids is 9. The molecule has 3 aliphatic heterocycles. The number of carbonyl (C=O) groups is 9. The first kappa shape index (κ1) is 54.9. The van der Waals surface area contributed by atoms with E-state index in [-0.39, 0.29) is 85.6 Å². The van der Waals surface area contributed by atoms with E-state index in [0.29, 0.717) is 89.6 Å². The van der Waals surface area contributed by atoms with E-state index in [1.807, 2.05) is 0 Å². The average Bonchev–Trinajstić information content (AvgIpc) is 3.98. The first-order chi connectivity index (χ1) is 37.3. The normalized spacial score (nSPS) is 21.4. The number of ether oxygens (including phenoxy) is 2. The quantitative estimate of drug-likeness (QED) is 0.0263. The number of nitrogens with one attached hydrogen (secondary N) is 6. The summed E-state index contributed by atoms with van der Waals surface area (Å²) in [5.41, 5.74) is 1.86. The van der Waals surface area contributed by atoms with Gasteiger partial charge in [0.05, 0.1) is 54.7 Å². The first-order valence-corrected chi connectivity index (χ1v) is 26.3. The van der Waals surface area contributed by atoms with Crippen molar-refractivity contribution in [1.82, 2.24) is 46.4 Å². The number of nitrogens with zero attached hydrogens (tertiary/aromatic N) is 3. The van der Waals surface area contributed by atoms with Crippen molar-refractivity contribution in [3.05, 3.63) is 97.6 Å². The second kappa shape index (κ2) is 23.0. The fourth-order valence-corrected chi connectivity index (χ4v) is 11.3. The highest BCUT2D eigenvalue weighted by Gasteiger charge is 2.46. The van der Waals surface area contributed by atoms with Gasteiger partial charge in [-0.1, -0.05) is 44.2 Å². The van der Waals surface area contributed by atoms with Gasteiger partial charge in [-0.15, -0.1) is 0 Å². The highest BCUT2D eigenvalue weighted by molar-refractivity contribution is 6.03. The molecule has 8 amide bonds. The Morgan fingerprint density at radius 3 is 2.32 bits per heavy atom. The zero-order valence-electron chi connectivity index (χ0n) is 43.5. The fraction of sp³-hybridized carbons (Fsp3) is 0.473. The van der Waals surface area contributed by atoms with E-state index in [1.54, 1.807) is 57.2 Å². The Bertz CT molecular complexity index is 3190. The third-order valence-electron chi connectivity index (χ3n) is 15.7. The van der Waals surface area contributed by atoms with Crippen molar-refractivity contribution < 1.29 is 62.1 Å². The van der Waals surface area contributed by atoms with Gasteiger partial charge in [0.1, 0.15) is 31.8 Å². The maximum absolute atomic E-state index is 15.4. The molecule has 1 unspecified atom stereocenters. The Morgan fingerprint density at radius 1 is 0.885 bits per heavy atom. The van der Waals surface area contributed by atoms with E-state index in [2.05, 4.69) is 31.9 Å². The van der Waals surface area contributed by atoms with Gasteiger partial charge in [0.15, 0.2) is 5.60 Å². The highest BCUT2D eigenvalue weighted by atomic mass is 19.1. The number of rotatable bonds is 19. The molecular weight excluding hydrogens is 1010 g/mol. The summed E-state index contributed by atoms with van der Waals surface area (Å²) < 4.78 is 27.6. The van der Waals surface area contributed by atoms with Crippen LogP contribution >= 0.6 is 0 Å². The summed E-state index contributed by atoms with van der Waals surface area (Å²) in [6.07, 6.45) is 3.36. The van der Waals surface area contributed by atoms with E-state index in [0.717, 1.165) is 5.56 Å². The van der Waals surface area contributed by atoms with Crippen LogP contribution in [-0.2, 0) is 84.2 Å². The molecule has 1 saturated heterocycles. The van der Waals surface area contributed by atoms with Crippen LogP contribution in [0.4, 0.5) is 4.39 Å². The molecule has 7 N–H and O–H groups in total. The minimum atomic E-state index is -2.05. The molecule has 2 fully saturated rings. The minimum absolute atomic E-state index is 0.0410. The van der Waals surface area contributed by atoms with E-state index < -0.39 is 91.0 Å². The number of esters is 1. The molecule has 1 saturated carbocycles. The van der Waals surface area contributed by atoms with Crippen LogP contribution in [0.25, 0.3) is 22.3 Å². The van der Waals surface area contributed by atoms with Crippen LogP contribution < -0.4 is 37.5 Å². The number of aliphatic hydroxyl groups is 1. The van der Waals surface area contributed by atoms with Crippen molar-refractivity contribution in [3.8, 4) is 11.4 Å². The predicted molar refractivity (Wildman–Crippen MR) is 274 cm³/mol. The zero-order valence-corrected chi connectivity index (χ0v) is 43.5. The van der Waals surface area contributed by atoms with Crippen LogP contribution in [0.15, 0.2) is 47.3 Å². The molecule has 412 valence electrons. The van der Waals surface area contributed by atoms with Crippen molar-refractivity contribution in [2.75, 3.05) is 39.5 Å². The van der Waals surface area contributed by atoms with Crippen LogP contribution in [-0.4, -0.2) is 118 Å². The highest BCUT2D eigenvalue weighted by Crippen LogP contribution is 2.46. The number of hydrogen-bond acceptors (Lipinski definition) is 14. The number of aryl methyl sites for hydroxylation is 1. The van der Waals surface area contributed by atoms with Gasteiger partial charge >= 0.3 is 5.97 Å². The molecule has 5 heterocycles. The number of benzene rings is 2. The Balaban J connectivity index is 0.741. The molecule has 5 aliphatic rings. The van der Waals surface area contributed by atoms with Crippen molar-refractivity contribution >= 4 is 64.1 Å². The zero-order chi connectivity index (χ0) is 55.6. The molecule has 9 rings (SSSR count). The fourth-order valence-electron chi connectivity index (χ4n) is 11.3. The SMILES string of the molecule is CC[C@@]1(O)C(=O)OCc2c1cc1n(c2=O)Cc2c-1nc1cc(F)c(C)c3c1c2[C@@H](NC(=O)COCNC(=O)CNC(=O)[C@H](Cc1ccccc1)NC(=O)CNC(=O)CNC(=O)C1CCC(CN2C(=O)CC(C)C2=O)CC1)CC3. The van der Waals surface area contributed by atoms with Gasteiger partial charge in [-0.3, -0.25) is 48.1 Å². The Kier molecular flexibility index (Phi) is 16.1. The number of imide groups is 1. The monoisotopic (exact) mass is 1080 g/mol. The summed E-state index contributed by atoms with van der Waals surface area (Å²) in [6, 6.07) is 9.88. The van der Waals surface area contributed by atoms with E-state index >= 15 is 4.39 Å². The Morgan fingerprint density at radius 2 is 1.60 bits per heavy atom. The summed E-state index contributed by atoms with van der Waals surface area (Å²) in [5.74, 6) is -5.79. The van der Waals surface area contributed by atoms with Crippen LogP contribution in [0.3, 0.4) is 0 Å². The smallest absolute Gasteiger partial charge is 0.343 e. The van der Waals surface area contributed by atoms with Crippen molar-refractivity contribution in [1.29, 1.82) is 0 Å². The van der Waals surface area contributed by atoms with E-state index in [4.69, 9.17) is 14.5 Å². The summed E-state index contributed by atoms with van der Waals surface area (Å²) in [4.78, 5) is 136. The van der Waals surface area contributed by atoms with Crippen LogP contribution in [0.2, 0.25) is 0 Å². The summed E-state index contributed by atoms with van der Waals surface area (Å²) in [5, 5.41) is 27.6. The second-order valence-corrected chi connectivity index (χ2v) is 20.8. The third kappa shape index (κ3) is 11.2. The molecule has 2 aliphatic carbocycles. The van der Waals surface area contributed by atoms with Crippen LogP contribution in [0, 0.1) is 30.5 Å². The standard InChI is InChI=1S/C55H62FN9O13/c1-4-55(76)36-18-41-49-34(24-64(41)53(74)35(36)25-78-54(55)75)48-38(15-14-33-29(3)37(56)19-39(63-49)47(33)48)61-45(69)26-77-27-60-43(67)21-59-51(72)40(17-30-8-6-5-7-9-30)62-44(68)22-57-42(66)20-58-50(71)32-12-10-31(11-13-32)23-65-46(70)16-28(2)52(65)73/h5-9,18-19,28,31-32,38,40,76H,4,10-17,20-27H2,1-3H3,(H,57,66)(H,58,71)(H,59,72)(H,60,67)(H,61,69)(H,62,68)/t28?,31?,32?,38-,40-,55-/m0/s1. The average molecular weight is 1080 g/mol. The topological polar surface area (TPSA) is 303 Å². The molecule has 4 aromatic rings. The maximum atomic E-state index is 15.4. The van der Waals surface area contributed by atoms with Gasteiger partial charge in [0, 0.05) is 53.8 Å². The molecular formula is C55H62FN9O13. The number of aromatic nitrogens is 2. The lowest BCUT2D eigenvalue weighted by molar-refractivity contribution is -0.172. The van der Waals surface area contributed by atoms with Gasteiger partial charge in [-0.2, -0.15) is 0 Å². The van der Waals surface area contributed by atoms with Crippen LogP contribution in [0.1, 0.15) is 104 Å². The van der Waals surface area contributed by atoms with E-state index in [9.17, 15) is 53.1 Å². The summed E-state index contributed by atoms with van der Waals surface area (Å²) in [7, 11) is 0. The van der Waals surface area contributed by atoms with Gasteiger partial charge < -0.3 is 51.0 Å². The van der Waals surface area contributed by atoms with E-state index in [1.165, 1.54) is 15.5 Å². The lowest BCUT2D eigenvalue weighted by Gasteiger charge is -2.31. The van der Waals surface area contributed by atoms with Crippen molar-refractivity contribution in [2.45, 2.75) is 109 Å². The molecule has 0 radical (unpaired) electrons. The number of amides is 8. The number of hydrogen-bond donors (Lipinski definition) is 7. The van der Waals surface area contributed by atoms with Crippen molar-refractivity contribution in [3.63, 3.8) is 0 Å². The second-order valence-electron chi connectivity index (χ2n) is 20.8. The minimum Gasteiger partial charge on any atom is -0.458 e. The van der Waals surface area contributed by atoms with Gasteiger partial charge in [0.2, 0.25) is 47.3 Å². The molecule has 78 heavy (non-hydrogen) atoms. The predicted octanol–water partition coefficient (Wildman–Crippen LogP) is 0.998. The molecule has 23 heteroatoms. The number of cyclic esters (lactones) is 1. The number of halogens is 1. The van der Waals surface area contributed by atoms with Gasteiger partial charge in [0.25, 0.3) is 5.56 Å². The molecule has 4 atom stereocenters. The number of likely N-dealkylation sites (tertiary alicyclic amines) is 1. The number of pyridine rings is 2. The largest absolute Gasteiger partial charge is 0.458 e. The maximum Gasteiger partial charge on any atom is 0.343 e. The first-order valence-electron chi connectivity index (χ1n) is 26.3. The van der Waals surface area contributed by atoms with Gasteiger partial charge in [-0.25, -0.2) is 14.2 Å². The van der Waals surface area contributed by atoms with Crippen molar-refractivity contribution in [2.24, 2.45) is 17.8 Å². The van der Waals surface area contributed by atoms with Gasteiger partial charge in [-0.05, 0) is 86.1 Å². The lowest BCUT2D eigenvalue weighted by Crippen LogP contribution is -2.52. The lowest BCUT2D eigenvalue weighted by atomic mass is 9.81. The Labute approximate surface area is 446 Å². The molecule has 2 aromatic carbocycles. The molecule has 2 aromatic heterocycles. The van der Waals surface area contributed by atoms with Crippen LogP contribution in [0.5, 0.6) is 0 Å². The molecule has 0 spiro atoms. The third-order valence-corrected chi connectivity index (χ3v) is 15.7. The molecule has 0 bridgehead atoms. The molecule has 22 nitrogen and oxygen atoms in total.